The first-order valence-corrected chi connectivity index (χ1v) is 8.20. The molecule has 9 nitrogen and oxygen atoms in total. The predicted octanol–water partition coefficient (Wildman–Crippen LogP) is 0.532. The van der Waals surface area contributed by atoms with Crippen molar-refractivity contribution in [1.29, 1.82) is 0 Å². The molecule has 1 atom stereocenters. The van der Waals surface area contributed by atoms with Gasteiger partial charge in [0.2, 0.25) is 11.7 Å². The van der Waals surface area contributed by atoms with Crippen LogP contribution in [0.5, 0.6) is 0 Å². The van der Waals surface area contributed by atoms with Crippen molar-refractivity contribution in [2.24, 2.45) is 0 Å². The Hall–Kier alpha value is -3.04. The standard InChI is InChI=1S/C16H17FN6O3/c1-21-9-16(26-15(21)25)6-7-22(10-16)13(24)8-23-19-14(18-20-23)11-2-4-12(17)5-3-11/h2-5H,6-10H2,1H3/t16-/m0/s1. The van der Waals surface area contributed by atoms with Gasteiger partial charge < -0.3 is 14.5 Å². The van der Waals surface area contributed by atoms with Crippen LogP contribution in [0.25, 0.3) is 11.4 Å². The minimum Gasteiger partial charge on any atom is -0.439 e. The van der Waals surface area contributed by atoms with Crippen LogP contribution in [0.2, 0.25) is 0 Å². The van der Waals surface area contributed by atoms with E-state index in [9.17, 15) is 14.0 Å². The van der Waals surface area contributed by atoms with E-state index in [0.717, 1.165) is 0 Å². The topological polar surface area (TPSA) is 93.5 Å². The number of likely N-dealkylation sites (N-methyl/N-ethyl adjacent to an activating group) is 1. The molecule has 10 heteroatoms. The summed E-state index contributed by atoms with van der Waals surface area (Å²) in [4.78, 5) is 28.5. The van der Waals surface area contributed by atoms with Gasteiger partial charge in [0, 0.05) is 25.6 Å². The van der Waals surface area contributed by atoms with E-state index in [0.29, 0.717) is 37.4 Å². The monoisotopic (exact) mass is 360 g/mol. The molecule has 2 aliphatic rings. The Morgan fingerprint density at radius 1 is 1.31 bits per heavy atom. The van der Waals surface area contributed by atoms with E-state index < -0.39 is 5.60 Å². The predicted molar refractivity (Wildman–Crippen MR) is 86.3 cm³/mol. The van der Waals surface area contributed by atoms with E-state index in [2.05, 4.69) is 15.4 Å². The molecule has 2 saturated heterocycles. The van der Waals surface area contributed by atoms with Crippen molar-refractivity contribution < 1.29 is 18.7 Å². The number of aromatic nitrogens is 4. The Morgan fingerprint density at radius 3 is 2.77 bits per heavy atom. The fraction of sp³-hybridized carbons (Fsp3) is 0.438. The van der Waals surface area contributed by atoms with Crippen molar-refractivity contribution in [1.82, 2.24) is 30.0 Å². The molecule has 0 radical (unpaired) electrons. The fourth-order valence-electron chi connectivity index (χ4n) is 3.31. The lowest BCUT2D eigenvalue weighted by Crippen LogP contribution is -2.40. The van der Waals surface area contributed by atoms with Crippen LogP contribution in [0.1, 0.15) is 6.42 Å². The van der Waals surface area contributed by atoms with E-state index >= 15 is 0 Å². The van der Waals surface area contributed by atoms with E-state index in [1.807, 2.05) is 0 Å². The normalized spacial score (nSPS) is 22.3. The fourth-order valence-corrected chi connectivity index (χ4v) is 3.31. The van der Waals surface area contributed by atoms with Crippen LogP contribution in [0.15, 0.2) is 24.3 Å². The number of carbonyl (C=O) groups excluding carboxylic acids is 2. The molecule has 136 valence electrons. The number of hydrogen-bond donors (Lipinski definition) is 0. The summed E-state index contributed by atoms with van der Waals surface area (Å²) >= 11 is 0. The van der Waals surface area contributed by atoms with E-state index in [1.165, 1.54) is 21.8 Å². The summed E-state index contributed by atoms with van der Waals surface area (Å²) in [7, 11) is 1.68. The molecule has 2 amide bonds. The van der Waals surface area contributed by atoms with Crippen molar-refractivity contribution in [3.05, 3.63) is 30.1 Å². The lowest BCUT2D eigenvalue weighted by atomic mass is 10.0. The van der Waals surface area contributed by atoms with Gasteiger partial charge in [-0.15, -0.1) is 10.2 Å². The molecule has 2 aliphatic heterocycles. The quantitative estimate of drug-likeness (QED) is 0.793. The number of tetrazole rings is 1. The summed E-state index contributed by atoms with van der Waals surface area (Å²) in [6, 6.07) is 5.72. The summed E-state index contributed by atoms with van der Waals surface area (Å²) in [6.07, 6.45) is 0.252. The third-order valence-electron chi connectivity index (χ3n) is 4.64. The number of ether oxygens (including phenoxy) is 1. The second-order valence-corrected chi connectivity index (χ2v) is 6.62. The lowest BCUT2D eigenvalue weighted by molar-refractivity contribution is -0.132. The number of rotatable bonds is 3. The second-order valence-electron chi connectivity index (χ2n) is 6.62. The highest BCUT2D eigenvalue weighted by Gasteiger charge is 2.49. The third kappa shape index (κ3) is 2.98. The summed E-state index contributed by atoms with van der Waals surface area (Å²) in [5.41, 5.74) is 0.00226. The first kappa shape index (κ1) is 16.4. The Morgan fingerprint density at radius 2 is 2.08 bits per heavy atom. The molecule has 26 heavy (non-hydrogen) atoms. The van der Waals surface area contributed by atoms with Gasteiger partial charge in [0.25, 0.3) is 0 Å². The SMILES string of the molecule is CN1C[C@]2(CCN(C(=O)Cn3nnc(-c4ccc(F)cc4)n3)C2)OC1=O. The van der Waals surface area contributed by atoms with Gasteiger partial charge >= 0.3 is 6.09 Å². The molecule has 1 aromatic heterocycles. The summed E-state index contributed by atoms with van der Waals surface area (Å²) in [5, 5.41) is 11.9. The average molecular weight is 360 g/mol. The van der Waals surface area contributed by atoms with E-state index in [1.54, 1.807) is 24.1 Å². The molecule has 0 unspecified atom stereocenters. The molecule has 0 aliphatic carbocycles. The van der Waals surface area contributed by atoms with Crippen LogP contribution in [-0.4, -0.2) is 74.3 Å². The Labute approximate surface area is 148 Å². The number of hydrogen-bond acceptors (Lipinski definition) is 6. The van der Waals surface area contributed by atoms with Crippen LogP contribution in [-0.2, 0) is 16.1 Å². The van der Waals surface area contributed by atoms with Gasteiger partial charge in [0.15, 0.2) is 5.60 Å². The molecule has 0 saturated carbocycles. The number of nitrogens with zero attached hydrogens (tertiary/aromatic N) is 6. The largest absolute Gasteiger partial charge is 0.439 e. The number of amides is 2. The molecular weight excluding hydrogens is 343 g/mol. The van der Waals surface area contributed by atoms with Crippen LogP contribution < -0.4 is 0 Å². The van der Waals surface area contributed by atoms with Crippen molar-refractivity contribution in [2.45, 2.75) is 18.6 Å². The minimum atomic E-state index is -0.615. The Bertz CT molecular complexity index is 854. The molecule has 1 spiro atoms. The van der Waals surface area contributed by atoms with Crippen molar-refractivity contribution in [2.75, 3.05) is 26.7 Å². The molecule has 4 rings (SSSR count). The minimum absolute atomic E-state index is 0.0614. The van der Waals surface area contributed by atoms with E-state index in [4.69, 9.17) is 4.74 Å². The van der Waals surface area contributed by atoms with Crippen molar-refractivity contribution in [3.63, 3.8) is 0 Å². The van der Waals surface area contributed by atoms with Crippen LogP contribution in [0.3, 0.4) is 0 Å². The van der Waals surface area contributed by atoms with Gasteiger partial charge in [-0.25, -0.2) is 9.18 Å². The number of halogens is 1. The smallest absolute Gasteiger partial charge is 0.410 e. The van der Waals surface area contributed by atoms with Gasteiger partial charge in [0.1, 0.15) is 12.4 Å². The van der Waals surface area contributed by atoms with Gasteiger partial charge in [0.05, 0.1) is 13.1 Å². The highest BCUT2D eigenvalue weighted by Crippen LogP contribution is 2.31. The maximum absolute atomic E-state index is 13.0. The number of likely N-dealkylation sites (tertiary alicyclic amines) is 1. The molecule has 3 heterocycles. The number of carbonyl (C=O) groups is 2. The third-order valence-corrected chi connectivity index (χ3v) is 4.64. The van der Waals surface area contributed by atoms with Crippen LogP contribution >= 0.6 is 0 Å². The lowest BCUT2D eigenvalue weighted by Gasteiger charge is -2.21. The van der Waals surface area contributed by atoms with Crippen LogP contribution in [0.4, 0.5) is 9.18 Å². The zero-order valence-electron chi connectivity index (χ0n) is 14.1. The van der Waals surface area contributed by atoms with Gasteiger partial charge in [-0.2, -0.15) is 4.80 Å². The van der Waals surface area contributed by atoms with Gasteiger partial charge in [-0.05, 0) is 29.5 Å². The van der Waals surface area contributed by atoms with Crippen molar-refractivity contribution >= 4 is 12.0 Å². The zero-order chi connectivity index (χ0) is 18.3. The number of benzene rings is 1. The molecule has 2 aromatic rings. The highest BCUT2D eigenvalue weighted by molar-refractivity contribution is 5.77. The molecule has 2 fully saturated rings. The molecule has 0 N–H and O–H groups in total. The zero-order valence-corrected chi connectivity index (χ0v) is 14.1. The Kier molecular flexibility index (Phi) is 3.82. The van der Waals surface area contributed by atoms with Gasteiger partial charge in [-0.1, -0.05) is 0 Å². The van der Waals surface area contributed by atoms with Crippen molar-refractivity contribution in [3.8, 4) is 11.4 Å². The maximum atomic E-state index is 13.0. The molecular formula is C16H17FN6O3. The maximum Gasteiger partial charge on any atom is 0.410 e. The second kappa shape index (κ2) is 6.04. The molecule has 0 bridgehead atoms. The van der Waals surface area contributed by atoms with Crippen LogP contribution in [0, 0.1) is 5.82 Å². The summed E-state index contributed by atoms with van der Waals surface area (Å²) in [6.45, 7) is 1.29. The van der Waals surface area contributed by atoms with E-state index in [-0.39, 0.29) is 24.4 Å². The highest BCUT2D eigenvalue weighted by atomic mass is 19.1. The summed E-state index contributed by atoms with van der Waals surface area (Å²) in [5.74, 6) is -0.199. The first-order valence-electron chi connectivity index (χ1n) is 8.20. The Balaban J connectivity index is 1.40. The average Bonchev–Trinajstić information content (AvgIpc) is 3.29. The van der Waals surface area contributed by atoms with Gasteiger partial charge in [-0.3, -0.25) is 4.79 Å². The molecule has 1 aromatic carbocycles. The summed E-state index contributed by atoms with van der Waals surface area (Å²) < 4.78 is 18.4. The first-order chi connectivity index (χ1) is 12.4.